The quantitative estimate of drug-likeness (QED) is 0.777. The zero-order valence-corrected chi connectivity index (χ0v) is 11.7. The first-order chi connectivity index (χ1) is 10.2. The number of ether oxygens (including phenoxy) is 1. The monoisotopic (exact) mass is 301 g/mol. The number of carbonyl (C=O) groups excluding carboxylic acids is 1. The molecule has 2 N–H and O–H groups in total. The van der Waals surface area contributed by atoms with Gasteiger partial charge in [0, 0.05) is 5.02 Å². The molecular formula is C15H12ClN3O2. The summed E-state index contributed by atoms with van der Waals surface area (Å²) >= 11 is 5.84. The smallest absolute Gasteiger partial charge is 0.264 e. The maximum absolute atomic E-state index is 11.8. The third-order valence-corrected chi connectivity index (χ3v) is 3.05. The highest BCUT2D eigenvalue weighted by atomic mass is 35.5. The Morgan fingerprint density at radius 1 is 1.24 bits per heavy atom. The Kier molecular flexibility index (Phi) is 3.75. The number of aromatic amines is 1. The zero-order valence-electron chi connectivity index (χ0n) is 11.0. The van der Waals surface area contributed by atoms with Gasteiger partial charge in [-0.3, -0.25) is 10.1 Å². The Morgan fingerprint density at radius 3 is 2.90 bits per heavy atom. The van der Waals surface area contributed by atoms with E-state index in [4.69, 9.17) is 16.3 Å². The summed E-state index contributed by atoms with van der Waals surface area (Å²) in [6.45, 7) is -0.114. The van der Waals surface area contributed by atoms with Gasteiger partial charge in [-0.05, 0) is 30.3 Å². The molecule has 3 aromatic rings. The summed E-state index contributed by atoms with van der Waals surface area (Å²) in [6.07, 6.45) is 0. The third-order valence-electron chi connectivity index (χ3n) is 2.81. The molecule has 3 rings (SSSR count). The highest BCUT2D eigenvalue weighted by Crippen LogP contribution is 2.17. The van der Waals surface area contributed by atoms with Crippen molar-refractivity contribution < 1.29 is 9.53 Å². The van der Waals surface area contributed by atoms with Gasteiger partial charge in [0.05, 0.1) is 11.0 Å². The van der Waals surface area contributed by atoms with Gasteiger partial charge < -0.3 is 9.72 Å². The van der Waals surface area contributed by atoms with E-state index in [2.05, 4.69) is 15.3 Å². The SMILES string of the molecule is O=C(COc1cccc(Cl)c1)Nc1nc2ccccc2[nH]1. The number of benzene rings is 2. The molecule has 1 amide bonds. The van der Waals surface area contributed by atoms with Crippen LogP contribution >= 0.6 is 11.6 Å². The average Bonchev–Trinajstić information content (AvgIpc) is 2.87. The van der Waals surface area contributed by atoms with Crippen molar-refractivity contribution in [2.24, 2.45) is 0 Å². The van der Waals surface area contributed by atoms with E-state index in [1.807, 2.05) is 24.3 Å². The Labute approximate surface area is 125 Å². The predicted molar refractivity (Wildman–Crippen MR) is 81.7 cm³/mol. The van der Waals surface area contributed by atoms with Crippen molar-refractivity contribution in [1.29, 1.82) is 0 Å². The molecular weight excluding hydrogens is 290 g/mol. The fourth-order valence-electron chi connectivity index (χ4n) is 1.89. The zero-order chi connectivity index (χ0) is 14.7. The van der Waals surface area contributed by atoms with Crippen LogP contribution in [0, 0.1) is 0 Å². The minimum Gasteiger partial charge on any atom is -0.484 e. The number of amides is 1. The molecule has 6 heteroatoms. The molecule has 0 saturated carbocycles. The highest BCUT2D eigenvalue weighted by molar-refractivity contribution is 6.30. The number of hydrogen-bond donors (Lipinski definition) is 2. The lowest BCUT2D eigenvalue weighted by atomic mass is 10.3. The summed E-state index contributed by atoms with van der Waals surface area (Å²) in [5.41, 5.74) is 1.66. The van der Waals surface area contributed by atoms with Crippen molar-refractivity contribution in [3.05, 3.63) is 53.6 Å². The molecule has 0 aliphatic heterocycles. The predicted octanol–water partition coefficient (Wildman–Crippen LogP) is 3.23. The lowest BCUT2D eigenvalue weighted by Crippen LogP contribution is -2.20. The van der Waals surface area contributed by atoms with E-state index in [-0.39, 0.29) is 12.5 Å². The van der Waals surface area contributed by atoms with E-state index >= 15 is 0 Å². The Balaban J connectivity index is 1.61. The van der Waals surface area contributed by atoms with Gasteiger partial charge in [0.25, 0.3) is 5.91 Å². The van der Waals surface area contributed by atoms with Gasteiger partial charge in [0.1, 0.15) is 5.75 Å². The van der Waals surface area contributed by atoms with Gasteiger partial charge in [0.15, 0.2) is 6.61 Å². The maximum Gasteiger partial charge on any atom is 0.264 e. The molecule has 106 valence electrons. The fraction of sp³-hybridized carbons (Fsp3) is 0.0667. The van der Waals surface area contributed by atoms with Crippen LogP contribution in [0.15, 0.2) is 48.5 Å². The van der Waals surface area contributed by atoms with Crippen molar-refractivity contribution in [2.45, 2.75) is 0 Å². The number of anilines is 1. The number of halogens is 1. The first kappa shape index (κ1) is 13.5. The summed E-state index contributed by atoms with van der Waals surface area (Å²) in [6, 6.07) is 14.4. The second-order valence-corrected chi connectivity index (χ2v) is 4.83. The van der Waals surface area contributed by atoms with Gasteiger partial charge in [-0.1, -0.05) is 29.8 Å². The van der Waals surface area contributed by atoms with Crippen LogP contribution in [-0.2, 0) is 4.79 Å². The van der Waals surface area contributed by atoms with Crippen LogP contribution in [-0.4, -0.2) is 22.5 Å². The van der Waals surface area contributed by atoms with Gasteiger partial charge in [-0.2, -0.15) is 0 Å². The molecule has 0 spiro atoms. The van der Waals surface area contributed by atoms with Crippen LogP contribution in [0.5, 0.6) is 5.75 Å². The summed E-state index contributed by atoms with van der Waals surface area (Å²) in [5.74, 6) is 0.646. The Hall–Kier alpha value is -2.53. The molecule has 0 unspecified atom stereocenters. The van der Waals surface area contributed by atoms with Crippen molar-refractivity contribution in [3.63, 3.8) is 0 Å². The maximum atomic E-state index is 11.8. The number of fused-ring (bicyclic) bond motifs is 1. The summed E-state index contributed by atoms with van der Waals surface area (Å²) in [5, 5.41) is 3.21. The topological polar surface area (TPSA) is 67.0 Å². The molecule has 1 heterocycles. The van der Waals surface area contributed by atoms with Crippen LogP contribution in [0.25, 0.3) is 11.0 Å². The molecule has 0 aliphatic rings. The average molecular weight is 302 g/mol. The van der Waals surface area contributed by atoms with E-state index in [1.54, 1.807) is 24.3 Å². The van der Waals surface area contributed by atoms with Gasteiger partial charge in [0.2, 0.25) is 5.95 Å². The molecule has 2 aromatic carbocycles. The first-order valence-corrected chi connectivity index (χ1v) is 6.71. The fourth-order valence-corrected chi connectivity index (χ4v) is 2.07. The number of aromatic nitrogens is 2. The number of hydrogen-bond acceptors (Lipinski definition) is 3. The van der Waals surface area contributed by atoms with Crippen molar-refractivity contribution >= 4 is 34.5 Å². The molecule has 0 radical (unpaired) electrons. The van der Waals surface area contributed by atoms with Gasteiger partial charge >= 0.3 is 0 Å². The summed E-state index contributed by atoms with van der Waals surface area (Å²) in [7, 11) is 0. The number of para-hydroxylation sites is 2. The Morgan fingerprint density at radius 2 is 2.10 bits per heavy atom. The van der Waals surface area contributed by atoms with Crippen LogP contribution in [0.4, 0.5) is 5.95 Å². The van der Waals surface area contributed by atoms with Crippen LogP contribution in [0.2, 0.25) is 5.02 Å². The molecule has 0 aliphatic carbocycles. The number of imidazole rings is 1. The molecule has 0 saturated heterocycles. The van der Waals surface area contributed by atoms with E-state index in [0.717, 1.165) is 11.0 Å². The lowest BCUT2D eigenvalue weighted by Gasteiger charge is -2.05. The molecule has 21 heavy (non-hydrogen) atoms. The Bertz CT molecular complexity index is 752. The number of nitrogens with one attached hydrogen (secondary N) is 2. The molecule has 5 nitrogen and oxygen atoms in total. The normalized spacial score (nSPS) is 10.5. The largest absolute Gasteiger partial charge is 0.484 e. The van der Waals surface area contributed by atoms with Crippen LogP contribution in [0.3, 0.4) is 0 Å². The van der Waals surface area contributed by atoms with Crippen LogP contribution in [0.1, 0.15) is 0 Å². The van der Waals surface area contributed by atoms with Crippen molar-refractivity contribution in [2.75, 3.05) is 11.9 Å². The first-order valence-electron chi connectivity index (χ1n) is 6.34. The van der Waals surface area contributed by atoms with Crippen LogP contribution < -0.4 is 10.1 Å². The van der Waals surface area contributed by atoms with Crippen molar-refractivity contribution in [3.8, 4) is 5.75 Å². The van der Waals surface area contributed by atoms with E-state index < -0.39 is 0 Å². The summed E-state index contributed by atoms with van der Waals surface area (Å²) < 4.78 is 5.36. The second-order valence-electron chi connectivity index (χ2n) is 4.40. The van der Waals surface area contributed by atoms with E-state index in [0.29, 0.717) is 16.7 Å². The lowest BCUT2D eigenvalue weighted by molar-refractivity contribution is -0.118. The molecule has 1 aromatic heterocycles. The molecule has 0 bridgehead atoms. The second kappa shape index (κ2) is 5.85. The summed E-state index contributed by atoms with van der Waals surface area (Å²) in [4.78, 5) is 19.1. The van der Waals surface area contributed by atoms with Crippen molar-refractivity contribution in [1.82, 2.24) is 9.97 Å². The number of nitrogens with zero attached hydrogens (tertiary/aromatic N) is 1. The minimum atomic E-state index is -0.297. The molecule has 0 fully saturated rings. The van der Waals surface area contributed by atoms with Gasteiger partial charge in [-0.25, -0.2) is 4.98 Å². The standard InChI is InChI=1S/C15H12ClN3O2/c16-10-4-3-5-11(8-10)21-9-14(20)19-15-17-12-6-1-2-7-13(12)18-15/h1-8H,9H2,(H2,17,18,19,20). The number of rotatable bonds is 4. The number of carbonyl (C=O) groups is 1. The van der Waals surface area contributed by atoms with E-state index in [9.17, 15) is 4.79 Å². The number of H-pyrrole nitrogens is 1. The minimum absolute atomic E-state index is 0.114. The third kappa shape index (κ3) is 3.32. The van der Waals surface area contributed by atoms with Gasteiger partial charge in [-0.15, -0.1) is 0 Å². The van der Waals surface area contributed by atoms with E-state index in [1.165, 1.54) is 0 Å². The highest BCUT2D eigenvalue weighted by Gasteiger charge is 2.07. The molecule has 0 atom stereocenters.